The van der Waals surface area contributed by atoms with Gasteiger partial charge in [-0.25, -0.2) is 0 Å². The van der Waals surface area contributed by atoms with Crippen LogP contribution in [0.5, 0.6) is 0 Å². The highest BCUT2D eigenvalue weighted by atomic mass is 32.2. The van der Waals surface area contributed by atoms with Gasteiger partial charge in [0.15, 0.2) is 0 Å². The minimum atomic E-state index is -0.0496. The van der Waals surface area contributed by atoms with Crippen LogP contribution in [0.4, 0.5) is 5.00 Å². The summed E-state index contributed by atoms with van der Waals surface area (Å²) < 4.78 is 0. The minimum absolute atomic E-state index is 0.0496. The fourth-order valence-electron chi connectivity index (χ4n) is 2.88. The number of nitriles is 1. The van der Waals surface area contributed by atoms with Crippen LogP contribution in [0, 0.1) is 25.2 Å². The maximum Gasteiger partial charge on any atom is 0.235 e. The summed E-state index contributed by atoms with van der Waals surface area (Å²) in [5.74, 6) is 0.309. The second-order valence-electron chi connectivity index (χ2n) is 5.78. The highest BCUT2D eigenvalue weighted by molar-refractivity contribution is 8.00. The first-order chi connectivity index (χ1) is 11.1. The van der Waals surface area contributed by atoms with Gasteiger partial charge >= 0.3 is 0 Å². The molecule has 0 aliphatic heterocycles. The molecule has 23 heavy (non-hydrogen) atoms. The van der Waals surface area contributed by atoms with E-state index in [0.717, 1.165) is 34.7 Å². The number of anilines is 1. The van der Waals surface area contributed by atoms with Gasteiger partial charge in [-0.15, -0.1) is 23.1 Å². The lowest BCUT2D eigenvalue weighted by Gasteiger charge is -2.07. The van der Waals surface area contributed by atoms with Gasteiger partial charge in [0.2, 0.25) is 5.91 Å². The molecule has 0 spiro atoms. The van der Waals surface area contributed by atoms with Crippen molar-refractivity contribution in [3.05, 3.63) is 45.3 Å². The zero-order chi connectivity index (χ0) is 16.4. The summed E-state index contributed by atoms with van der Waals surface area (Å²) in [7, 11) is 0. The van der Waals surface area contributed by atoms with Crippen molar-refractivity contribution in [3.63, 3.8) is 0 Å². The smallest absolute Gasteiger partial charge is 0.235 e. The topological polar surface area (TPSA) is 52.9 Å². The number of aryl methyl sites for hydroxylation is 3. The largest absolute Gasteiger partial charge is 0.316 e. The molecule has 1 aromatic carbocycles. The Morgan fingerprint density at radius 2 is 2.22 bits per heavy atom. The first kappa shape index (κ1) is 16.1. The number of hydrogen-bond donors (Lipinski definition) is 1. The molecule has 0 saturated heterocycles. The Morgan fingerprint density at radius 1 is 1.39 bits per heavy atom. The van der Waals surface area contributed by atoms with Crippen molar-refractivity contribution in [2.24, 2.45) is 0 Å². The molecule has 118 valence electrons. The van der Waals surface area contributed by atoms with E-state index in [-0.39, 0.29) is 5.91 Å². The minimum Gasteiger partial charge on any atom is -0.316 e. The number of nitrogens with one attached hydrogen (secondary N) is 1. The third-order valence-electron chi connectivity index (χ3n) is 3.98. The lowest BCUT2D eigenvalue weighted by molar-refractivity contribution is -0.113. The molecule has 1 aliphatic rings. The molecule has 0 saturated carbocycles. The van der Waals surface area contributed by atoms with Crippen molar-refractivity contribution in [1.29, 1.82) is 5.26 Å². The highest BCUT2D eigenvalue weighted by Gasteiger charge is 2.23. The first-order valence-corrected chi connectivity index (χ1v) is 9.43. The van der Waals surface area contributed by atoms with Crippen LogP contribution in [0.25, 0.3) is 0 Å². The number of nitrogens with zero attached hydrogens (tertiary/aromatic N) is 1. The normalized spacial score (nSPS) is 12.7. The molecule has 1 aromatic heterocycles. The molecule has 0 bridgehead atoms. The number of hydrogen-bond acceptors (Lipinski definition) is 4. The molecule has 3 rings (SSSR count). The summed E-state index contributed by atoms with van der Waals surface area (Å²) in [6.07, 6.45) is 3.11. The number of carbonyl (C=O) groups excluding carboxylic acids is 1. The van der Waals surface area contributed by atoms with Gasteiger partial charge in [0.25, 0.3) is 0 Å². The number of rotatable bonds is 4. The van der Waals surface area contributed by atoms with Crippen LogP contribution < -0.4 is 5.32 Å². The molecular formula is C18H18N2OS2. The van der Waals surface area contributed by atoms with E-state index < -0.39 is 0 Å². The van der Waals surface area contributed by atoms with Gasteiger partial charge in [0.1, 0.15) is 11.1 Å². The summed E-state index contributed by atoms with van der Waals surface area (Å²) >= 11 is 3.10. The van der Waals surface area contributed by atoms with E-state index in [0.29, 0.717) is 11.3 Å². The number of benzene rings is 1. The molecule has 1 heterocycles. The molecule has 0 atom stereocenters. The van der Waals surface area contributed by atoms with E-state index in [4.69, 9.17) is 0 Å². The van der Waals surface area contributed by atoms with Crippen molar-refractivity contribution >= 4 is 34.0 Å². The molecule has 1 amide bonds. The average Bonchev–Trinajstić information content (AvgIpc) is 3.06. The van der Waals surface area contributed by atoms with E-state index in [1.54, 1.807) is 11.3 Å². The predicted molar refractivity (Wildman–Crippen MR) is 96.3 cm³/mol. The predicted octanol–water partition coefficient (Wildman–Crippen LogP) is 4.46. The zero-order valence-corrected chi connectivity index (χ0v) is 14.9. The van der Waals surface area contributed by atoms with E-state index in [2.05, 4.69) is 43.4 Å². The molecule has 3 nitrogen and oxygen atoms in total. The summed E-state index contributed by atoms with van der Waals surface area (Å²) in [6, 6.07) is 8.50. The standard InChI is InChI=1S/C18H18N2OS2/c1-11-6-7-15(12(2)8-11)22-10-17(21)20-18-14(9-19)13-4-3-5-16(13)23-18/h6-8H,3-5,10H2,1-2H3,(H,20,21). The third-order valence-corrected chi connectivity index (χ3v) is 6.36. The molecule has 0 fully saturated rings. The fraction of sp³-hybridized carbons (Fsp3) is 0.333. The van der Waals surface area contributed by atoms with Gasteiger partial charge in [-0.05, 0) is 50.3 Å². The molecule has 5 heteroatoms. The maximum absolute atomic E-state index is 12.2. The molecule has 0 unspecified atom stereocenters. The van der Waals surface area contributed by atoms with Crippen LogP contribution in [0.1, 0.15) is 33.6 Å². The maximum atomic E-state index is 12.2. The van der Waals surface area contributed by atoms with Gasteiger partial charge in [-0.3, -0.25) is 4.79 Å². The highest BCUT2D eigenvalue weighted by Crippen LogP contribution is 2.38. The van der Waals surface area contributed by atoms with Gasteiger partial charge in [0.05, 0.1) is 11.3 Å². The SMILES string of the molecule is Cc1ccc(SCC(=O)Nc2sc3c(c2C#N)CCC3)c(C)c1. The van der Waals surface area contributed by atoms with Gasteiger partial charge < -0.3 is 5.32 Å². The molecule has 1 N–H and O–H groups in total. The number of fused-ring (bicyclic) bond motifs is 1. The number of thioether (sulfide) groups is 1. The zero-order valence-electron chi connectivity index (χ0n) is 13.2. The van der Waals surface area contributed by atoms with Crippen LogP contribution in [-0.2, 0) is 17.6 Å². The fourth-order valence-corrected chi connectivity index (χ4v) is 4.94. The second-order valence-corrected chi connectivity index (χ2v) is 7.90. The lowest BCUT2D eigenvalue weighted by atomic mass is 10.1. The van der Waals surface area contributed by atoms with Crippen LogP contribution in [0.15, 0.2) is 23.1 Å². The van der Waals surface area contributed by atoms with E-state index >= 15 is 0 Å². The van der Waals surface area contributed by atoms with Crippen LogP contribution >= 0.6 is 23.1 Å². The van der Waals surface area contributed by atoms with Crippen LogP contribution in [0.3, 0.4) is 0 Å². The Labute approximate surface area is 144 Å². The van der Waals surface area contributed by atoms with Gasteiger partial charge in [-0.2, -0.15) is 5.26 Å². The molecule has 1 aliphatic carbocycles. The Kier molecular flexibility index (Phi) is 4.74. The Bertz CT molecular complexity index is 802. The van der Waals surface area contributed by atoms with Crippen LogP contribution in [0.2, 0.25) is 0 Å². The van der Waals surface area contributed by atoms with Gasteiger partial charge in [0, 0.05) is 9.77 Å². The summed E-state index contributed by atoms with van der Waals surface area (Å²) in [4.78, 5) is 14.6. The quantitative estimate of drug-likeness (QED) is 0.835. The van der Waals surface area contributed by atoms with Crippen molar-refractivity contribution in [3.8, 4) is 6.07 Å². The summed E-state index contributed by atoms with van der Waals surface area (Å²) in [6.45, 7) is 4.12. The first-order valence-electron chi connectivity index (χ1n) is 7.63. The van der Waals surface area contributed by atoms with Crippen molar-refractivity contribution in [2.45, 2.75) is 38.0 Å². The van der Waals surface area contributed by atoms with Crippen molar-refractivity contribution in [2.75, 3.05) is 11.1 Å². The molecule has 0 radical (unpaired) electrons. The van der Waals surface area contributed by atoms with E-state index in [1.807, 2.05) is 0 Å². The van der Waals surface area contributed by atoms with E-state index in [1.165, 1.54) is 27.8 Å². The Hall–Kier alpha value is -1.77. The van der Waals surface area contributed by atoms with Gasteiger partial charge in [-0.1, -0.05) is 17.7 Å². The lowest BCUT2D eigenvalue weighted by Crippen LogP contribution is -2.14. The molecule has 2 aromatic rings. The Morgan fingerprint density at radius 3 is 2.96 bits per heavy atom. The number of amides is 1. The third kappa shape index (κ3) is 3.44. The summed E-state index contributed by atoms with van der Waals surface area (Å²) in [5.41, 5.74) is 4.24. The monoisotopic (exact) mass is 342 g/mol. The number of carbonyl (C=O) groups is 1. The number of thiophene rings is 1. The average molecular weight is 342 g/mol. The Balaban J connectivity index is 1.65. The van der Waals surface area contributed by atoms with Crippen LogP contribution in [-0.4, -0.2) is 11.7 Å². The summed E-state index contributed by atoms with van der Waals surface area (Å²) in [5, 5.41) is 13.0. The second kappa shape index (κ2) is 6.77. The molecular weight excluding hydrogens is 324 g/mol. The van der Waals surface area contributed by atoms with Crippen molar-refractivity contribution in [1.82, 2.24) is 0 Å². The van der Waals surface area contributed by atoms with Crippen molar-refractivity contribution < 1.29 is 4.79 Å². The van der Waals surface area contributed by atoms with E-state index in [9.17, 15) is 10.1 Å².